The lowest BCUT2D eigenvalue weighted by Crippen LogP contribution is -2.46. The number of hydrogen-bond donors (Lipinski definition) is 1. The molecule has 1 aliphatic rings. The maximum Gasteiger partial charge on any atom is 0.236 e. The van der Waals surface area contributed by atoms with Crippen LogP contribution in [0.2, 0.25) is 0 Å². The molecular formula is C22H27BrN4O2. The van der Waals surface area contributed by atoms with Crippen LogP contribution in [0.5, 0.6) is 0 Å². The molecule has 3 rings (SSSR count). The fourth-order valence-electron chi connectivity index (χ4n) is 3.57. The van der Waals surface area contributed by atoms with Crippen molar-refractivity contribution in [2.45, 2.75) is 25.8 Å². The normalized spacial score (nSPS) is 18.1. The van der Waals surface area contributed by atoms with E-state index in [1.807, 2.05) is 50.4 Å². The van der Waals surface area contributed by atoms with Gasteiger partial charge in [-0.05, 0) is 59.9 Å². The van der Waals surface area contributed by atoms with Gasteiger partial charge in [0.1, 0.15) is 5.82 Å². The predicted octanol–water partition coefficient (Wildman–Crippen LogP) is 3.71. The largest absolute Gasteiger partial charge is 0.338 e. The highest BCUT2D eigenvalue weighted by Crippen LogP contribution is 2.21. The Bertz CT molecular complexity index is 828. The Balaban J connectivity index is 1.54. The molecule has 1 aromatic heterocycles. The first kappa shape index (κ1) is 21.5. The van der Waals surface area contributed by atoms with E-state index in [0.29, 0.717) is 18.9 Å². The van der Waals surface area contributed by atoms with E-state index in [2.05, 4.69) is 31.1 Å². The highest BCUT2D eigenvalue weighted by Gasteiger charge is 2.28. The van der Waals surface area contributed by atoms with Crippen LogP contribution in [0.1, 0.15) is 31.4 Å². The molecule has 29 heavy (non-hydrogen) atoms. The number of benzene rings is 1. The summed E-state index contributed by atoms with van der Waals surface area (Å²) in [6, 6.07) is 13.6. The van der Waals surface area contributed by atoms with Crippen LogP contribution in [0.15, 0.2) is 53.1 Å². The summed E-state index contributed by atoms with van der Waals surface area (Å²) in [5, 5.41) is 2.88. The van der Waals surface area contributed by atoms with Gasteiger partial charge < -0.3 is 10.2 Å². The highest BCUT2D eigenvalue weighted by molar-refractivity contribution is 9.10. The maximum absolute atomic E-state index is 12.8. The second-order valence-corrected chi connectivity index (χ2v) is 8.43. The fourth-order valence-corrected chi connectivity index (χ4v) is 3.80. The Morgan fingerprint density at radius 3 is 2.72 bits per heavy atom. The first-order valence-corrected chi connectivity index (χ1v) is 10.7. The van der Waals surface area contributed by atoms with Crippen molar-refractivity contribution in [1.82, 2.24) is 14.8 Å². The van der Waals surface area contributed by atoms with E-state index in [4.69, 9.17) is 0 Å². The van der Waals surface area contributed by atoms with Crippen molar-refractivity contribution in [2.75, 3.05) is 32.0 Å². The van der Waals surface area contributed by atoms with Gasteiger partial charge in [-0.3, -0.25) is 14.5 Å². The molecule has 154 valence electrons. The molecule has 2 amide bonds. The first-order chi connectivity index (χ1) is 13.9. The first-order valence-electron chi connectivity index (χ1n) is 9.89. The number of nitrogens with zero attached hydrogens (tertiary/aromatic N) is 3. The number of hydrogen-bond acceptors (Lipinski definition) is 4. The molecule has 6 nitrogen and oxygen atoms in total. The molecule has 1 N–H and O–H groups in total. The summed E-state index contributed by atoms with van der Waals surface area (Å²) in [7, 11) is 1.84. The van der Waals surface area contributed by atoms with E-state index in [9.17, 15) is 9.59 Å². The quantitative estimate of drug-likeness (QED) is 0.716. The Labute approximate surface area is 180 Å². The molecule has 1 saturated heterocycles. The number of anilines is 1. The minimum Gasteiger partial charge on any atom is -0.338 e. The van der Waals surface area contributed by atoms with Crippen LogP contribution in [0.25, 0.3) is 0 Å². The number of carbonyl (C=O) groups is 2. The van der Waals surface area contributed by atoms with Gasteiger partial charge in [-0.1, -0.05) is 30.3 Å². The average Bonchev–Trinajstić information content (AvgIpc) is 2.75. The number of likely N-dealkylation sites (N-methyl/N-ethyl adjacent to an activating group) is 1. The molecule has 2 heterocycles. The second-order valence-electron chi connectivity index (χ2n) is 7.52. The molecule has 1 aliphatic heterocycles. The van der Waals surface area contributed by atoms with Crippen LogP contribution < -0.4 is 5.32 Å². The van der Waals surface area contributed by atoms with E-state index < -0.39 is 0 Å². The SMILES string of the molecule is CC(c1ccccc1)N(C)C(=O)CN1CCCC(C(=O)Nc2ccc(Br)cn2)C1. The molecule has 1 fully saturated rings. The minimum absolute atomic E-state index is 0.0102. The van der Waals surface area contributed by atoms with E-state index >= 15 is 0 Å². The van der Waals surface area contributed by atoms with Gasteiger partial charge in [0.25, 0.3) is 0 Å². The van der Waals surface area contributed by atoms with Gasteiger partial charge in [0, 0.05) is 24.3 Å². The number of carbonyl (C=O) groups excluding carboxylic acids is 2. The van der Waals surface area contributed by atoms with Crippen molar-refractivity contribution in [3.8, 4) is 0 Å². The Morgan fingerprint density at radius 1 is 1.28 bits per heavy atom. The predicted molar refractivity (Wildman–Crippen MR) is 117 cm³/mol. The second kappa shape index (κ2) is 9.98. The third-order valence-corrected chi connectivity index (χ3v) is 5.94. The summed E-state index contributed by atoms with van der Waals surface area (Å²) in [5.41, 5.74) is 1.11. The van der Waals surface area contributed by atoms with E-state index in [-0.39, 0.29) is 23.8 Å². The molecule has 0 aliphatic carbocycles. The average molecular weight is 459 g/mol. The van der Waals surface area contributed by atoms with Crippen LogP contribution in [0.3, 0.4) is 0 Å². The van der Waals surface area contributed by atoms with E-state index in [0.717, 1.165) is 29.4 Å². The molecule has 1 aromatic carbocycles. The zero-order valence-electron chi connectivity index (χ0n) is 16.8. The van der Waals surface area contributed by atoms with Crippen LogP contribution in [-0.2, 0) is 9.59 Å². The Kier molecular flexibility index (Phi) is 7.39. The van der Waals surface area contributed by atoms with Crippen molar-refractivity contribution >= 4 is 33.6 Å². The molecule has 2 aromatic rings. The monoisotopic (exact) mass is 458 g/mol. The summed E-state index contributed by atoms with van der Waals surface area (Å²) in [4.78, 5) is 33.5. The lowest BCUT2D eigenvalue weighted by molar-refractivity contribution is -0.134. The standard InChI is InChI=1S/C22H27BrN4O2/c1-16(17-7-4-3-5-8-17)26(2)21(28)15-27-12-6-9-18(14-27)22(29)25-20-11-10-19(23)13-24-20/h3-5,7-8,10-11,13,16,18H,6,9,12,14-15H2,1-2H3,(H,24,25,29). The summed E-state index contributed by atoms with van der Waals surface area (Å²) in [6.45, 7) is 3.78. The Hall–Kier alpha value is -2.25. The van der Waals surface area contributed by atoms with Gasteiger partial charge in [0.15, 0.2) is 0 Å². The third-order valence-electron chi connectivity index (χ3n) is 5.47. The van der Waals surface area contributed by atoms with Crippen molar-refractivity contribution in [3.63, 3.8) is 0 Å². The summed E-state index contributed by atoms with van der Waals surface area (Å²) in [6.07, 6.45) is 3.38. The lowest BCUT2D eigenvalue weighted by atomic mass is 9.97. The van der Waals surface area contributed by atoms with Crippen molar-refractivity contribution in [1.29, 1.82) is 0 Å². The number of nitrogens with one attached hydrogen (secondary N) is 1. The third kappa shape index (κ3) is 5.87. The van der Waals surface area contributed by atoms with E-state index in [1.54, 1.807) is 17.2 Å². The summed E-state index contributed by atoms with van der Waals surface area (Å²) >= 11 is 3.34. The van der Waals surface area contributed by atoms with Crippen molar-refractivity contribution in [2.24, 2.45) is 5.92 Å². The number of amides is 2. The highest BCUT2D eigenvalue weighted by atomic mass is 79.9. The summed E-state index contributed by atoms with van der Waals surface area (Å²) < 4.78 is 0.867. The molecule has 0 spiro atoms. The van der Waals surface area contributed by atoms with Crippen molar-refractivity contribution in [3.05, 3.63) is 58.7 Å². The van der Waals surface area contributed by atoms with Gasteiger partial charge in [0.05, 0.1) is 18.5 Å². The van der Waals surface area contributed by atoms with Crippen LogP contribution in [0, 0.1) is 5.92 Å². The summed E-state index contributed by atoms with van der Waals surface area (Å²) in [5.74, 6) is 0.432. The number of halogens is 1. The molecule has 0 radical (unpaired) electrons. The number of likely N-dealkylation sites (tertiary alicyclic amines) is 1. The van der Waals surface area contributed by atoms with E-state index in [1.165, 1.54) is 0 Å². The number of pyridine rings is 1. The molecular weight excluding hydrogens is 432 g/mol. The molecule has 7 heteroatoms. The zero-order valence-corrected chi connectivity index (χ0v) is 18.4. The van der Waals surface area contributed by atoms with Crippen LogP contribution >= 0.6 is 15.9 Å². The maximum atomic E-state index is 12.8. The van der Waals surface area contributed by atoms with Gasteiger partial charge in [-0.2, -0.15) is 0 Å². The number of aromatic nitrogens is 1. The zero-order chi connectivity index (χ0) is 20.8. The molecule has 2 atom stereocenters. The van der Waals surface area contributed by atoms with Crippen LogP contribution in [-0.4, -0.2) is 53.3 Å². The molecule has 2 unspecified atom stereocenters. The fraction of sp³-hybridized carbons (Fsp3) is 0.409. The van der Waals surface area contributed by atoms with Gasteiger partial charge in [-0.15, -0.1) is 0 Å². The van der Waals surface area contributed by atoms with Crippen LogP contribution in [0.4, 0.5) is 5.82 Å². The van der Waals surface area contributed by atoms with Gasteiger partial charge >= 0.3 is 0 Å². The van der Waals surface area contributed by atoms with Gasteiger partial charge in [-0.25, -0.2) is 4.98 Å². The van der Waals surface area contributed by atoms with Gasteiger partial charge in [0.2, 0.25) is 11.8 Å². The lowest BCUT2D eigenvalue weighted by Gasteiger charge is -2.33. The smallest absolute Gasteiger partial charge is 0.236 e. The topological polar surface area (TPSA) is 65.5 Å². The minimum atomic E-state index is -0.140. The van der Waals surface area contributed by atoms with Crippen molar-refractivity contribution < 1.29 is 9.59 Å². The number of piperidine rings is 1. The molecule has 0 saturated carbocycles. The molecule has 0 bridgehead atoms. The Morgan fingerprint density at radius 2 is 2.03 bits per heavy atom. The number of rotatable bonds is 6.